The first-order valence-corrected chi connectivity index (χ1v) is 6.93. The van der Waals surface area contributed by atoms with Gasteiger partial charge in [-0.1, -0.05) is 0 Å². The number of ether oxygens (including phenoxy) is 5. The van der Waals surface area contributed by atoms with E-state index in [0.717, 1.165) is 0 Å². The first kappa shape index (κ1) is 23.5. The minimum absolute atomic E-state index is 0.469. The Bertz CT molecular complexity index is 296. The molecule has 0 radical (unpaired) electrons. The zero-order chi connectivity index (χ0) is 18.0. The van der Waals surface area contributed by atoms with Crippen LogP contribution in [0.2, 0.25) is 0 Å². The van der Waals surface area contributed by atoms with Crippen molar-refractivity contribution in [2.24, 2.45) is 0 Å². The third-order valence-corrected chi connectivity index (χ3v) is 2.45. The van der Waals surface area contributed by atoms with E-state index < -0.39 is 23.5 Å². The van der Waals surface area contributed by atoms with Crippen molar-refractivity contribution in [2.75, 3.05) is 27.4 Å². The highest BCUT2D eigenvalue weighted by molar-refractivity contribution is 5.75. The van der Waals surface area contributed by atoms with Gasteiger partial charge in [0.05, 0.1) is 0 Å². The maximum Gasteiger partial charge on any atom is 0.335 e. The molecule has 0 fully saturated rings. The first-order valence-electron chi connectivity index (χ1n) is 6.93. The van der Waals surface area contributed by atoms with Crippen molar-refractivity contribution in [1.29, 1.82) is 0 Å². The van der Waals surface area contributed by atoms with Gasteiger partial charge in [-0.05, 0) is 27.7 Å². The van der Waals surface area contributed by atoms with Crippen molar-refractivity contribution in [3.05, 3.63) is 0 Å². The van der Waals surface area contributed by atoms with Gasteiger partial charge < -0.3 is 29.2 Å². The zero-order valence-corrected chi connectivity index (χ0v) is 14.8. The second-order valence-electron chi connectivity index (χ2n) is 4.97. The number of carbonyl (C=O) groups is 1. The van der Waals surface area contributed by atoms with Crippen LogP contribution in [0.25, 0.3) is 0 Å². The molecule has 8 nitrogen and oxygen atoms in total. The Balaban J connectivity index is 0. The summed E-state index contributed by atoms with van der Waals surface area (Å²) in [6.07, 6.45) is 0. The minimum Gasteiger partial charge on any atom is -0.479 e. The van der Waals surface area contributed by atoms with Crippen molar-refractivity contribution in [2.45, 2.75) is 59.1 Å². The molecule has 0 saturated heterocycles. The van der Waals surface area contributed by atoms with E-state index in [0.29, 0.717) is 13.2 Å². The lowest BCUT2D eigenvalue weighted by Gasteiger charge is -2.36. The summed E-state index contributed by atoms with van der Waals surface area (Å²) in [6, 6.07) is 0. The number of carboxylic acids is 1. The Kier molecular flexibility index (Phi) is 10.8. The Morgan fingerprint density at radius 3 is 1.32 bits per heavy atom. The summed E-state index contributed by atoms with van der Waals surface area (Å²) in [4.78, 5) is 9.77. The summed E-state index contributed by atoms with van der Waals surface area (Å²) in [5.41, 5.74) is -1.58. The summed E-state index contributed by atoms with van der Waals surface area (Å²) in [5, 5.41) is 16.5. The molecule has 0 heterocycles. The quantitative estimate of drug-likeness (QED) is 0.615. The first-order chi connectivity index (χ1) is 9.89. The number of aliphatic hydroxyl groups is 1. The molecular formula is C14H30O8. The molecule has 0 saturated carbocycles. The number of methoxy groups -OCH3 is 2. The number of aliphatic carboxylic acids is 1. The van der Waals surface area contributed by atoms with Gasteiger partial charge in [-0.2, -0.15) is 0 Å². The zero-order valence-electron chi connectivity index (χ0n) is 14.8. The molecule has 0 aliphatic carbocycles. The fraction of sp³-hybridized carbons (Fsp3) is 0.929. The van der Waals surface area contributed by atoms with Crippen LogP contribution in [0.3, 0.4) is 0 Å². The van der Waals surface area contributed by atoms with Gasteiger partial charge in [0.15, 0.2) is 5.60 Å². The van der Waals surface area contributed by atoms with Crippen LogP contribution in [0.1, 0.15) is 41.5 Å². The molecule has 0 aromatic rings. The molecule has 0 rings (SSSR count). The Morgan fingerprint density at radius 1 is 0.909 bits per heavy atom. The highest BCUT2D eigenvalue weighted by Gasteiger charge is 2.38. The summed E-state index contributed by atoms with van der Waals surface area (Å²) >= 11 is 0. The van der Waals surface area contributed by atoms with Gasteiger partial charge in [0.1, 0.15) is 0 Å². The number of hydrogen-bond acceptors (Lipinski definition) is 7. The van der Waals surface area contributed by atoms with Gasteiger partial charge in [0, 0.05) is 41.3 Å². The van der Waals surface area contributed by atoms with Gasteiger partial charge in [0.25, 0.3) is 11.9 Å². The summed E-state index contributed by atoms with van der Waals surface area (Å²) in [7, 11) is 3.00. The van der Waals surface area contributed by atoms with Crippen molar-refractivity contribution >= 4 is 5.97 Å². The number of rotatable bonds is 9. The molecule has 0 bridgehead atoms. The van der Waals surface area contributed by atoms with E-state index in [2.05, 4.69) is 0 Å². The molecule has 0 aromatic heterocycles. The normalized spacial score (nSPS) is 17.0. The molecule has 0 amide bonds. The van der Waals surface area contributed by atoms with Crippen LogP contribution in [0.15, 0.2) is 0 Å². The fourth-order valence-corrected chi connectivity index (χ4v) is 1.12. The molecule has 8 heteroatoms. The summed E-state index contributed by atoms with van der Waals surface area (Å²) < 4.78 is 26.4. The molecule has 2 N–H and O–H groups in total. The lowest BCUT2D eigenvalue weighted by atomic mass is 10.1. The molecule has 0 aliphatic heterocycles. The molecule has 0 aromatic carbocycles. The molecular weight excluding hydrogens is 296 g/mol. The maximum absolute atomic E-state index is 9.77. The van der Waals surface area contributed by atoms with E-state index >= 15 is 0 Å². The monoisotopic (exact) mass is 326 g/mol. The summed E-state index contributed by atoms with van der Waals surface area (Å²) in [5.74, 6) is -3.55. The molecule has 22 heavy (non-hydrogen) atoms. The van der Waals surface area contributed by atoms with Crippen LogP contribution in [-0.2, 0) is 28.5 Å². The topological polar surface area (TPSA) is 104 Å². The third-order valence-electron chi connectivity index (χ3n) is 2.45. The Morgan fingerprint density at radius 2 is 1.18 bits per heavy atom. The van der Waals surface area contributed by atoms with Crippen molar-refractivity contribution < 1.29 is 38.7 Å². The molecule has 2 unspecified atom stereocenters. The van der Waals surface area contributed by atoms with Crippen molar-refractivity contribution in [3.8, 4) is 0 Å². The molecule has 2 atom stereocenters. The predicted octanol–water partition coefficient (Wildman–Crippen LogP) is 1.56. The van der Waals surface area contributed by atoms with Gasteiger partial charge in [0.2, 0.25) is 0 Å². The maximum atomic E-state index is 9.77. The molecule has 134 valence electrons. The standard InChI is InChI=1S/C10H22O5.C4H8O3/c1-7-13-9(3,11-5)15-10(4,12-6)14-8-2;1-4(2,7)3(5)6/h7-8H2,1-6H3;7H,1-2H3,(H,5,6). The summed E-state index contributed by atoms with van der Waals surface area (Å²) in [6.45, 7) is 10.4. The van der Waals surface area contributed by atoms with Crippen LogP contribution in [0.4, 0.5) is 0 Å². The average Bonchev–Trinajstić information content (AvgIpc) is 2.38. The molecule has 0 spiro atoms. The van der Waals surface area contributed by atoms with E-state index in [-0.39, 0.29) is 0 Å². The minimum atomic E-state index is -1.58. The van der Waals surface area contributed by atoms with Crippen LogP contribution >= 0.6 is 0 Å². The van der Waals surface area contributed by atoms with E-state index in [1.54, 1.807) is 13.8 Å². The average molecular weight is 326 g/mol. The fourth-order valence-electron chi connectivity index (χ4n) is 1.12. The van der Waals surface area contributed by atoms with Crippen LogP contribution in [0, 0.1) is 0 Å². The van der Waals surface area contributed by atoms with Gasteiger partial charge in [-0.25, -0.2) is 4.79 Å². The van der Waals surface area contributed by atoms with Crippen LogP contribution in [-0.4, -0.2) is 61.2 Å². The van der Waals surface area contributed by atoms with Gasteiger partial charge in [-0.3, -0.25) is 4.74 Å². The largest absolute Gasteiger partial charge is 0.479 e. The highest BCUT2D eigenvalue weighted by atomic mass is 17.0. The Hall–Kier alpha value is -0.770. The number of hydrogen-bond donors (Lipinski definition) is 2. The second-order valence-corrected chi connectivity index (χ2v) is 4.97. The van der Waals surface area contributed by atoms with E-state index in [4.69, 9.17) is 33.9 Å². The van der Waals surface area contributed by atoms with E-state index in [9.17, 15) is 4.79 Å². The van der Waals surface area contributed by atoms with Crippen LogP contribution in [0.5, 0.6) is 0 Å². The SMILES string of the molecule is CC(C)(O)C(=O)O.CCOC(C)(OC)OC(C)(OC)OCC. The lowest BCUT2D eigenvalue weighted by molar-refractivity contribution is -0.483. The lowest BCUT2D eigenvalue weighted by Crippen LogP contribution is -2.47. The number of carboxylic acid groups (broad SMARTS) is 1. The van der Waals surface area contributed by atoms with Crippen molar-refractivity contribution in [1.82, 2.24) is 0 Å². The van der Waals surface area contributed by atoms with Crippen molar-refractivity contribution in [3.63, 3.8) is 0 Å². The van der Waals surface area contributed by atoms with Gasteiger partial charge >= 0.3 is 5.97 Å². The Labute approximate surface area is 132 Å². The molecule has 0 aliphatic rings. The second kappa shape index (κ2) is 10.1. The van der Waals surface area contributed by atoms with E-state index in [1.165, 1.54) is 28.1 Å². The van der Waals surface area contributed by atoms with Crippen LogP contribution < -0.4 is 0 Å². The third kappa shape index (κ3) is 10.0. The highest BCUT2D eigenvalue weighted by Crippen LogP contribution is 2.24. The van der Waals surface area contributed by atoms with Gasteiger partial charge in [-0.15, -0.1) is 0 Å². The predicted molar refractivity (Wildman–Crippen MR) is 79.1 cm³/mol. The van der Waals surface area contributed by atoms with E-state index in [1.807, 2.05) is 13.8 Å². The smallest absolute Gasteiger partial charge is 0.335 e.